The van der Waals surface area contributed by atoms with Crippen LogP contribution in [-0.2, 0) is 0 Å². The summed E-state index contributed by atoms with van der Waals surface area (Å²) in [5.41, 5.74) is 3.18. The van der Waals surface area contributed by atoms with Crippen molar-refractivity contribution >= 4 is 34.2 Å². The van der Waals surface area contributed by atoms with Crippen LogP contribution in [0, 0.1) is 17.4 Å². The quantitative estimate of drug-likeness (QED) is 0.840. The molecule has 0 spiro atoms. The molecule has 1 N–H and O–H groups in total. The van der Waals surface area contributed by atoms with Gasteiger partial charge in [0.05, 0.1) is 11.4 Å². The fraction of sp³-hybridized carbons (Fsp3) is 0.143. The van der Waals surface area contributed by atoms with E-state index in [-0.39, 0.29) is 5.91 Å². The van der Waals surface area contributed by atoms with Crippen LogP contribution in [0.2, 0.25) is 0 Å². The molecule has 2 aromatic rings. The molecule has 1 amide bonds. The molecular weight excluding hydrogens is 339 g/mol. The maximum atomic E-state index is 12.1. The van der Waals surface area contributed by atoms with Crippen LogP contribution >= 0.6 is 22.6 Å². The van der Waals surface area contributed by atoms with Crippen LogP contribution in [0.25, 0.3) is 0 Å². The second kappa shape index (κ2) is 5.48. The summed E-state index contributed by atoms with van der Waals surface area (Å²) in [4.78, 5) is 16.4. The molecule has 2 rings (SSSR count). The first kappa shape index (κ1) is 13.0. The molecule has 0 aliphatic carbocycles. The molecule has 0 unspecified atom stereocenters. The van der Waals surface area contributed by atoms with Gasteiger partial charge in [-0.25, -0.2) is 0 Å². The molecular formula is C14H13IN2O. The molecule has 0 aliphatic rings. The van der Waals surface area contributed by atoms with E-state index in [0.29, 0.717) is 5.56 Å². The van der Waals surface area contributed by atoms with Gasteiger partial charge in [-0.05, 0) is 66.8 Å². The Morgan fingerprint density at radius 1 is 1.22 bits per heavy atom. The van der Waals surface area contributed by atoms with Gasteiger partial charge >= 0.3 is 0 Å². The van der Waals surface area contributed by atoms with Crippen LogP contribution in [0.1, 0.15) is 21.7 Å². The largest absolute Gasteiger partial charge is 0.320 e. The van der Waals surface area contributed by atoms with Crippen molar-refractivity contribution in [2.24, 2.45) is 0 Å². The molecule has 0 saturated heterocycles. The topological polar surface area (TPSA) is 42.0 Å². The number of halogens is 1. The fourth-order valence-electron chi connectivity index (χ4n) is 1.64. The average Bonchev–Trinajstić information content (AvgIpc) is 2.32. The first-order chi connectivity index (χ1) is 8.56. The molecule has 92 valence electrons. The highest BCUT2D eigenvalue weighted by atomic mass is 127. The van der Waals surface area contributed by atoms with Crippen LogP contribution < -0.4 is 5.32 Å². The molecule has 1 heterocycles. The Hall–Kier alpha value is -1.43. The van der Waals surface area contributed by atoms with Gasteiger partial charge in [0, 0.05) is 14.8 Å². The van der Waals surface area contributed by atoms with Gasteiger partial charge in [0.1, 0.15) is 0 Å². The van der Waals surface area contributed by atoms with E-state index in [1.807, 2.05) is 44.2 Å². The van der Waals surface area contributed by atoms with Gasteiger partial charge in [-0.2, -0.15) is 0 Å². The number of pyridine rings is 1. The molecule has 0 atom stereocenters. The van der Waals surface area contributed by atoms with Crippen LogP contribution in [0.3, 0.4) is 0 Å². The van der Waals surface area contributed by atoms with Crippen molar-refractivity contribution in [3.63, 3.8) is 0 Å². The number of amides is 1. The number of carbonyl (C=O) groups is 1. The van der Waals surface area contributed by atoms with Crippen LogP contribution in [0.15, 0.2) is 36.4 Å². The third-order valence-corrected chi connectivity index (χ3v) is 3.23. The molecule has 3 nitrogen and oxygen atoms in total. The number of benzene rings is 1. The van der Waals surface area contributed by atoms with Gasteiger partial charge in [-0.1, -0.05) is 6.07 Å². The molecule has 0 aliphatic heterocycles. The van der Waals surface area contributed by atoms with Gasteiger partial charge in [0.2, 0.25) is 0 Å². The third-order valence-electron chi connectivity index (χ3n) is 2.56. The maximum absolute atomic E-state index is 12.1. The van der Waals surface area contributed by atoms with Crippen molar-refractivity contribution in [3.8, 4) is 0 Å². The summed E-state index contributed by atoms with van der Waals surface area (Å²) in [7, 11) is 0. The van der Waals surface area contributed by atoms with Crippen molar-refractivity contribution < 1.29 is 4.79 Å². The first-order valence-electron chi connectivity index (χ1n) is 5.57. The highest BCUT2D eigenvalue weighted by Crippen LogP contribution is 2.15. The number of rotatable bonds is 2. The van der Waals surface area contributed by atoms with Gasteiger partial charge in [0.15, 0.2) is 0 Å². The molecule has 1 aromatic carbocycles. The van der Waals surface area contributed by atoms with E-state index < -0.39 is 0 Å². The predicted octanol–water partition coefficient (Wildman–Crippen LogP) is 3.56. The summed E-state index contributed by atoms with van der Waals surface area (Å²) in [6.45, 7) is 3.82. The minimum atomic E-state index is -0.109. The van der Waals surface area contributed by atoms with Crippen molar-refractivity contribution in [2.45, 2.75) is 13.8 Å². The van der Waals surface area contributed by atoms with Gasteiger partial charge in [-0.3, -0.25) is 9.78 Å². The second-order valence-corrected chi connectivity index (χ2v) is 5.30. The summed E-state index contributed by atoms with van der Waals surface area (Å²) in [6, 6.07) is 11.2. The fourth-order valence-corrected chi connectivity index (χ4v) is 2.19. The normalized spacial score (nSPS) is 10.2. The Morgan fingerprint density at radius 3 is 2.67 bits per heavy atom. The van der Waals surface area contributed by atoms with E-state index in [9.17, 15) is 4.79 Å². The number of anilines is 1. The molecule has 0 bridgehead atoms. The van der Waals surface area contributed by atoms with E-state index in [1.54, 1.807) is 6.07 Å². The number of nitrogens with zero attached hydrogens (tertiary/aromatic N) is 1. The van der Waals surface area contributed by atoms with E-state index in [0.717, 1.165) is 20.6 Å². The SMILES string of the molecule is Cc1ccc(NC(=O)c2cccc(I)c2)c(C)n1. The lowest BCUT2D eigenvalue weighted by Gasteiger charge is -2.08. The summed E-state index contributed by atoms with van der Waals surface area (Å²) in [6.07, 6.45) is 0. The van der Waals surface area contributed by atoms with Crippen molar-refractivity contribution in [1.82, 2.24) is 4.98 Å². The lowest BCUT2D eigenvalue weighted by atomic mass is 10.2. The highest BCUT2D eigenvalue weighted by molar-refractivity contribution is 14.1. The number of hydrogen-bond donors (Lipinski definition) is 1. The van der Waals surface area contributed by atoms with Crippen molar-refractivity contribution in [1.29, 1.82) is 0 Å². The molecule has 0 saturated carbocycles. The molecule has 1 aromatic heterocycles. The van der Waals surface area contributed by atoms with Gasteiger partial charge in [0.25, 0.3) is 5.91 Å². The number of aryl methyl sites for hydroxylation is 2. The van der Waals surface area contributed by atoms with Gasteiger partial charge in [-0.15, -0.1) is 0 Å². The minimum Gasteiger partial charge on any atom is -0.320 e. The van der Waals surface area contributed by atoms with Crippen LogP contribution in [0.4, 0.5) is 5.69 Å². The lowest BCUT2D eigenvalue weighted by Crippen LogP contribution is -2.13. The number of carbonyl (C=O) groups excluding carboxylic acids is 1. The zero-order chi connectivity index (χ0) is 13.1. The van der Waals surface area contributed by atoms with E-state index in [2.05, 4.69) is 32.9 Å². The predicted molar refractivity (Wildman–Crippen MR) is 80.8 cm³/mol. The molecule has 0 radical (unpaired) electrons. The maximum Gasteiger partial charge on any atom is 0.255 e. The van der Waals surface area contributed by atoms with E-state index in [4.69, 9.17) is 0 Å². The Balaban J connectivity index is 2.21. The highest BCUT2D eigenvalue weighted by Gasteiger charge is 2.08. The third kappa shape index (κ3) is 3.07. The minimum absolute atomic E-state index is 0.109. The lowest BCUT2D eigenvalue weighted by molar-refractivity contribution is 0.102. The monoisotopic (exact) mass is 352 g/mol. The standard InChI is InChI=1S/C14H13IN2O/c1-9-6-7-13(10(2)16-9)17-14(18)11-4-3-5-12(15)8-11/h3-8H,1-2H3,(H,17,18). The summed E-state index contributed by atoms with van der Waals surface area (Å²) in [5, 5.41) is 2.88. The smallest absolute Gasteiger partial charge is 0.255 e. The first-order valence-corrected chi connectivity index (χ1v) is 6.65. The number of aromatic nitrogens is 1. The Labute approximate surface area is 120 Å². The number of nitrogens with one attached hydrogen (secondary N) is 1. The van der Waals surface area contributed by atoms with Crippen molar-refractivity contribution in [3.05, 3.63) is 56.9 Å². The second-order valence-electron chi connectivity index (χ2n) is 4.05. The average molecular weight is 352 g/mol. The zero-order valence-electron chi connectivity index (χ0n) is 10.2. The van der Waals surface area contributed by atoms with Crippen LogP contribution in [-0.4, -0.2) is 10.9 Å². The molecule has 18 heavy (non-hydrogen) atoms. The molecule has 4 heteroatoms. The Bertz CT molecular complexity index is 596. The summed E-state index contributed by atoms with van der Waals surface area (Å²) in [5.74, 6) is -0.109. The Morgan fingerprint density at radius 2 is 2.00 bits per heavy atom. The molecule has 0 fully saturated rings. The van der Waals surface area contributed by atoms with Crippen LogP contribution in [0.5, 0.6) is 0 Å². The van der Waals surface area contributed by atoms with E-state index in [1.165, 1.54) is 0 Å². The van der Waals surface area contributed by atoms with E-state index >= 15 is 0 Å². The van der Waals surface area contributed by atoms with Gasteiger partial charge < -0.3 is 5.32 Å². The van der Waals surface area contributed by atoms with Crippen molar-refractivity contribution in [2.75, 3.05) is 5.32 Å². The number of hydrogen-bond acceptors (Lipinski definition) is 2. The zero-order valence-corrected chi connectivity index (χ0v) is 12.4. The summed E-state index contributed by atoms with van der Waals surface area (Å²) >= 11 is 2.19. The Kier molecular flexibility index (Phi) is 3.96. The summed E-state index contributed by atoms with van der Waals surface area (Å²) < 4.78 is 1.04.